The van der Waals surface area contributed by atoms with Crippen molar-refractivity contribution in [3.8, 4) is 11.8 Å². The van der Waals surface area contributed by atoms with E-state index in [4.69, 9.17) is 10.00 Å². The number of aromatic nitrogens is 1. The van der Waals surface area contributed by atoms with Gasteiger partial charge < -0.3 is 20.3 Å². The Morgan fingerprint density at radius 3 is 2.65 bits per heavy atom. The maximum Gasteiger partial charge on any atom is 0.323 e. The van der Waals surface area contributed by atoms with Gasteiger partial charge in [0.2, 0.25) is 0 Å². The highest BCUT2D eigenvalue weighted by atomic mass is 16.5. The average molecular weight is 420 g/mol. The summed E-state index contributed by atoms with van der Waals surface area (Å²) in [6.45, 7) is 1.76. The van der Waals surface area contributed by atoms with Crippen LogP contribution in [0.3, 0.4) is 0 Å². The first-order valence-corrected chi connectivity index (χ1v) is 10.1. The summed E-state index contributed by atoms with van der Waals surface area (Å²) in [4.78, 5) is 30.3. The monoisotopic (exact) mass is 420 g/mol. The van der Waals surface area contributed by atoms with Crippen molar-refractivity contribution in [2.24, 2.45) is 5.41 Å². The lowest BCUT2D eigenvalue weighted by molar-refractivity contribution is -0.0481. The zero-order valence-electron chi connectivity index (χ0n) is 17.2. The number of carbonyl (C=O) groups is 2. The molecule has 1 aliphatic carbocycles. The molecule has 2 fully saturated rings. The van der Waals surface area contributed by atoms with Crippen molar-refractivity contribution in [1.82, 2.24) is 20.5 Å². The third kappa shape index (κ3) is 4.69. The van der Waals surface area contributed by atoms with Gasteiger partial charge in [-0.05, 0) is 42.7 Å². The van der Waals surface area contributed by atoms with E-state index in [1.165, 1.54) is 0 Å². The van der Waals surface area contributed by atoms with Crippen molar-refractivity contribution >= 4 is 17.9 Å². The number of carbonyl (C=O) groups excluding carboxylic acids is 2. The average Bonchev–Trinajstić information content (AvgIpc) is 2.73. The highest BCUT2D eigenvalue weighted by Gasteiger charge is 2.54. The molecule has 1 aliphatic heterocycles. The summed E-state index contributed by atoms with van der Waals surface area (Å²) < 4.78 is 5.12. The van der Waals surface area contributed by atoms with Gasteiger partial charge in [-0.15, -0.1) is 0 Å². The fraction of sp³-hybridized carbons (Fsp3) is 0.364. The van der Waals surface area contributed by atoms with Gasteiger partial charge in [0.05, 0.1) is 7.11 Å². The predicted octanol–water partition coefficient (Wildman–Crippen LogP) is 2.46. The number of nitrogens with zero attached hydrogens (tertiary/aromatic N) is 3. The van der Waals surface area contributed by atoms with E-state index in [-0.39, 0.29) is 29.2 Å². The highest BCUT2D eigenvalue weighted by Crippen LogP contribution is 2.48. The van der Waals surface area contributed by atoms with Gasteiger partial charge in [0.15, 0.2) is 0 Å². The number of likely N-dealkylation sites (tertiary alicyclic amines) is 1. The number of benzene rings is 1. The summed E-state index contributed by atoms with van der Waals surface area (Å²) in [6.07, 6.45) is 1.71. The largest absolute Gasteiger partial charge is 0.497 e. The topological polar surface area (TPSA) is 119 Å². The Kier molecular flexibility index (Phi) is 5.62. The molecule has 4 rings (SSSR count). The molecule has 0 radical (unpaired) electrons. The quantitative estimate of drug-likeness (QED) is 0.686. The van der Waals surface area contributed by atoms with Crippen molar-refractivity contribution in [3.05, 3.63) is 53.7 Å². The molecule has 2 heterocycles. The standard InChI is InChI=1S/C22H24N6O3/c1-31-18-7-5-15(6-8-18)12-24-20(29)26-17-9-22(10-17)13-28(14-22)21(30)27-19-4-2-3-16(11-23)25-19/h2-8,17H,9-10,12-14H2,1H3,(H2,24,26,29)(H,25,27,30). The van der Waals surface area contributed by atoms with Gasteiger partial charge in [-0.3, -0.25) is 5.32 Å². The van der Waals surface area contributed by atoms with E-state index in [1.54, 1.807) is 30.2 Å². The van der Waals surface area contributed by atoms with Gasteiger partial charge in [-0.25, -0.2) is 14.6 Å². The smallest absolute Gasteiger partial charge is 0.323 e. The summed E-state index contributed by atoms with van der Waals surface area (Å²) in [6, 6.07) is 14.1. The number of amides is 4. The number of rotatable bonds is 5. The summed E-state index contributed by atoms with van der Waals surface area (Å²) in [5.41, 5.74) is 1.35. The van der Waals surface area contributed by atoms with E-state index >= 15 is 0 Å². The zero-order chi connectivity index (χ0) is 21.8. The number of anilines is 1. The van der Waals surface area contributed by atoms with Crippen molar-refractivity contribution in [2.45, 2.75) is 25.4 Å². The molecule has 0 unspecified atom stereocenters. The Morgan fingerprint density at radius 2 is 1.97 bits per heavy atom. The number of pyridine rings is 1. The third-order valence-electron chi connectivity index (χ3n) is 5.74. The molecular weight excluding hydrogens is 396 g/mol. The second-order valence-corrected chi connectivity index (χ2v) is 8.09. The van der Waals surface area contributed by atoms with E-state index in [2.05, 4.69) is 20.9 Å². The Hall–Kier alpha value is -3.80. The molecule has 1 aromatic carbocycles. The van der Waals surface area contributed by atoms with Crippen molar-refractivity contribution < 1.29 is 14.3 Å². The zero-order valence-corrected chi connectivity index (χ0v) is 17.2. The second-order valence-electron chi connectivity index (χ2n) is 8.09. The van der Waals surface area contributed by atoms with Gasteiger partial charge in [0.25, 0.3) is 0 Å². The summed E-state index contributed by atoms with van der Waals surface area (Å²) >= 11 is 0. The molecule has 1 aromatic heterocycles. The first-order valence-electron chi connectivity index (χ1n) is 10.1. The summed E-state index contributed by atoms with van der Waals surface area (Å²) in [5.74, 6) is 1.15. The van der Waals surface area contributed by atoms with Crippen LogP contribution in [0.5, 0.6) is 5.75 Å². The maximum absolute atomic E-state index is 12.3. The van der Waals surface area contributed by atoms with Crippen LogP contribution in [-0.2, 0) is 6.54 Å². The fourth-order valence-electron chi connectivity index (χ4n) is 4.17. The summed E-state index contributed by atoms with van der Waals surface area (Å²) in [5, 5.41) is 17.5. The predicted molar refractivity (Wildman–Crippen MR) is 113 cm³/mol. The van der Waals surface area contributed by atoms with E-state index in [9.17, 15) is 9.59 Å². The number of nitrogens with one attached hydrogen (secondary N) is 3. The molecule has 0 atom stereocenters. The maximum atomic E-state index is 12.3. The first kappa shape index (κ1) is 20.5. The third-order valence-corrected chi connectivity index (χ3v) is 5.74. The minimum Gasteiger partial charge on any atom is -0.497 e. The van der Waals surface area contributed by atoms with Crippen LogP contribution < -0.4 is 20.7 Å². The Morgan fingerprint density at radius 1 is 1.23 bits per heavy atom. The molecule has 1 spiro atoms. The van der Waals surface area contributed by atoms with E-state index < -0.39 is 0 Å². The number of ether oxygens (including phenoxy) is 1. The van der Waals surface area contributed by atoms with Crippen molar-refractivity contribution in [3.63, 3.8) is 0 Å². The lowest BCUT2D eigenvalue weighted by Gasteiger charge is -2.58. The molecule has 4 amide bonds. The molecule has 9 heteroatoms. The van der Waals surface area contributed by atoms with Crippen LogP contribution in [-0.4, -0.2) is 48.2 Å². The van der Waals surface area contributed by atoms with Crippen LogP contribution in [0.1, 0.15) is 24.1 Å². The van der Waals surface area contributed by atoms with Gasteiger partial charge in [-0.1, -0.05) is 18.2 Å². The van der Waals surface area contributed by atoms with Crippen LogP contribution in [0.4, 0.5) is 15.4 Å². The molecule has 1 saturated carbocycles. The van der Waals surface area contributed by atoms with Crippen LogP contribution in [0, 0.1) is 16.7 Å². The summed E-state index contributed by atoms with van der Waals surface area (Å²) in [7, 11) is 1.62. The molecule has 9 nitrogen and oxygen atoms in total. The molecular formula is C22H24N6O3. The molecule has 3 N–H and O–H groups in total. The molecule has 1 saturated heterocycles. The second kappa shape index (κ2) is 8.52. The van der Waals surface area contributed by atoms with Crippen LogP contribution in [0.25, 0.3) is 0 Å². The molecule has 2 aromatic rings. The fourth-order valence-corrected chi connectivity index (χ4v) is 4.17. The van der Waals surface area contributed by atoms with E-state index in [0.717, 1.165) is 24.2 Å². The Balaban J connectivity index is 1.15. The van der Waals surface area contributed by atoms with E-state index in [1.807, 2.05) is 30.3 Å². The van der Waals surface area contributed by atoms with Gasteiger partial charge >= 0.3 is 12.1 Å². The van der Waals surface area contributed by atoms with Crippen LogP contribution >= 0.6 is 0 Å². The Labute approximate surface area is 180 Å². The Bertz CT molecular complexity index is 1000. The van der Waals surface area contributed by atoms with E-state index in [0.29, 0.717) is 25.5 Å². The van der Waals surface area contributed by atoms with Gasteiger partial charge in [-0.2, -0.15) is 5.26 Å². The minimum atomic E-state index is -0.221. The molecule has 31 heavy (non-hydrogen) atoms. The van der Waals surface area contributed by atoms with Crippen LogP contribution in [0.15, 0.2) is 42.5 Å². The van der Waals surface area contributed by atoms with Crippen LogP contribution in [0.2, 0.25) is 0 Å². The first-order chi connectivity index (χ1) is 15.0. The number of methoxy groups -OCH3 is 1. The van der Waals surface area contributed by atoms with Crippen molar-refractivity contribution in [1.29, 1.82) is 5.26 Å². The van der Waals surface area contributed by atoms with Gasteiger partial charge in [0.1, 0.15) is 23.3 Å². The number of hydrogen-bond donors (Lipinski definition) is 3. The molecule has 0 bridgehead atoms. The van der Waals surface area contributed by atoms with Gasteiger partial charge in [0, 0.05) is 31.1 Å². The lowest BCUT2D eigenvalue weighted by atomic mass is 9.61. The lowest BCUT2D eigenvalue weighted by Crippen LogP contribution is -2.68. The minimum absolute atomic E-state index is 0.0905. The van der Waals surface area contributed by atoms with Crippen molar-refractivity contribution in [2.75, 3.05) is 25.5 Å². The normalized spacial score (nSPS) is 16.5. The number of urea groups is 2. The number of nitriles is 1. The molecule has 160 valence electrons. The number of hydrogen-bond acceptors (Lipinski definition) is 5. The molecule has 2 aliphatic rings. The highest BCUT2D eigenvalue weighted by molar-refractivity contribution is 5.89. The SMILES string of the molecule is COc1ccc(CNC(=O)NC2CC3(C2)CN(C(=O)Nc2cccc(C#N)n2)C3)cc1.